The van der Waals surface area contributed by atoms with E-state index in [1.807, 2.05) is 12.1 Å². The van der Waals surface area contributed by atoms with Crippen LogP contribution in [0, 0.1) is 6.92 Å². The summed E-state index contributed by atoms with van der Waals surface area (Å²) in [5, 5.41) is 11.7. The first-order chi connectivity index (χ1) is 12.8. The lowest BCUT2D eigenvalue weighted by Gasteiger charge is -2.05. The molecule has 1 aliphatic rings. The highest BCUT2D eigenvalue weighted by atomic mass is 32.2. The number of hydrogen-bond donors (Lipinski definition) is 0. The second-order valence-electron chi connectivity index (χ2n) is 6.06. The van der Waals surface area contributed by atoms with Crippen LogP contribution in [0.1, 0.15) is 11.1 Å². The average Bonchev–Trinajstić information content (AvgIpc) is 3.37. The fourth-order valence-corrected chi connectivity index (χ4v) is 4.68. The van der Waals surface area contributed by atoms with Crippen molar-refractivity contribution in [2.75, 3.05) is 6.79 Å². The zero-order valence-corrected chi connectivity index (χ0v) is 15.6. The molecule has 0 unspecified atom stereocenters. The van der Waals surface area contributed by atoms with E-state index in [0.29, 0.717) is 6.79 Å². The van der Waals surface area contributed by atoms with Crippen LogP contribution in [0.5, 0.6) is 11.5 Å². The summed E-state index contributed by atoms with van der Waals surface area (Å²) in [6.07, 6.45) is 0. The Balaban J connectivity index is 1.44. The fraction of sp³-hybridized carbons (Fsp3) is 0.158. The normalized spacial score (nSPS) is 12.8. The van der Waals surface area contributed by atoms with E-state index < -0.39 is 0 Å². The molecule has 3 heterocycles. The quantitative estimate of drug-likeness (QED) is 0.476. The molecule has 0 radical (unpaired) electrons. The van der Waals surface area contributed by atoms with E-state index in [0.717, 1.165) is 33.1 Å². The van der Waals surface area contributed by atoms with E-state index in [1.54, 1.807) is 23.1 Å². The molecule has 2 aromatic heterocycles. The number of thiazole rings is 1. The van der Waals surface area contributed by atoms with Gasteiger partial charge in [0.05, 0.1) is 5.69 Å². The molecule has 1 aliphatic heterocycles. The smallest absolute Gasteiger partial charge is 0.231 e. The maximum absolute atomic E-state index is 5.46. The number of benzene rings is 2. The lowest BCUT2D eigenvalue weighted by Crippen LogP contribution is -1.93. The number of ether oxygens (including phenoxy) is 2. The molecule has 26 heavy (non-hydrogen) atoms. The van der Waals surface area contributed by atoms with Crippen LogP contribution in [-0.2, 0) is 5.75 Å². The molecule has 0 atom stereocenters. The number of fused-ring (bicyclic) bond motifs is 2. The maximum Gasteiger partial charge on any atom is 0.231 e. The van der Waals surface area contributed by atoms with Crippen LogP contribution in [0.2, 0.25) is 0 Å². The van der Waals surface area contributed by atoms with E-state index in [9.17, 15) is 0 Å². The minimum atomic E-state index is 0.297. The van der Waals surface area contributed by atoms with Gasteiger partial charge in [0, 0.05) is 11.1 Å². The van der Waals surface area contributed by atoms with Crippen molar-refractivity contribution in [2.24, 2.45) is 0 Å². The highest BCUT2D eigenvalue weighted by Crippen LogP contribution is 2.35. The van der Waals surface area contributed by atoms with Crippen molar-refractivity contribution in [3.8, 4) is 22.8 Å². The number of aryl methyl sites for hydroxylation is 1. The number of aromatic nitrogens is 3. The van der Waals surface area contributed by atoms with Crippen LogP contribution in [0.15, 0.2) is 53.0 Å². The average molecular weight is 381 g/mol. The highest BCUT2D eigenvalue weighted by Gasteiger charge is 2.16. The predicted octanol–water partition coefficient (Wildman–Crippen LogP) is 4.79. The van der Waals surface area contributed by atoms with Crippen molar-refractivity contribution < 1.29 is 9.47 Å². The first-order valence-corrected chi connectivity index (χ1v) is 10.1. The molecule has 0 N–H and O–H groups in total. The fourth-order valence-electron chi connectivity index (χ4n) is 2.89. The molecule has 5 rings (SSSR count). The molecular formula is C19H15N3O2S2. The maximum atomic E-state index is 5.46. The number of rotatable bonds is 4. The first kappa shape index (κ1) is 15.7. The molecule has 5 nitrogen and oxygen atoms in total. The third kappa shape index (κ3) is 2.73. The molecule has 0 amide bonds. The van der Waals surface area contributed by atoms with Crippen LogP contribution in [0.25, 0.3) is 16.2 Å². The number of thioether (sulfide) groups is 1. The summed E-state index contributed by atoms with van der Waals surface area (Å²) >= 11 is 3.28. The van der Waals surface area contributed by atoms with Gasteiger partial charge in [-0.3, -0.25) is 4.40 Å². The van der Waals surface area contributed by atoms with E-state index in [4.69, 9.17) is 9.47 Å². The van der Waals surface area contributed by atoms with Crippen LogP contribution in [-0.4, -0.2) is 21.4 Å². The van der Waals surface area contributed by atoms with Gasteiger partial charge in [-0.2, -0.15) is 0 Å². The Morgan fingerprint density at radius 3 is 2.81 bits per heavy atom. The SMILES string of the molecule is Cc1ccc(-c2csc3nnc(SCc4ccc5c(c4)OCO5)n23)cc1. The molecule has 0 aliphatic carbocycles. The Morgan fingerprint density at radius 1 is 1.08 bits per heavy atom. The zero-order valence-electron chi connectivity index (χ0n) is 14.0. The van der Waals surface area contributed by atoms with Gasteiger partial charge in [0.15, 0.2) is 16.7 Å². The van der Waals surface area contributed by atoms with Crippen molar-refractivity contribution in [3.63, 3.8) is 0 Å². The summed E-state index contributed by atoms with van der Waals surface area (Å²) < 4.78 is 13.0. The van der Waals surface area contributed by atoms with Gasteiger partial charge in [-0.15, -0.1) is 21.5 Å². The van der Waals surface area contributed by atoms with Gasteiger partial charge in [0.2, 0.25) is 11.8 Å². The van der Waals surface area contributed by atoms with Gasteiger partial charge >= 0.3 is 0 Å². The summed E-state index contributed by atoms with van der Waals surface area (Å²) in [5.41, 5.74) is 4.72. The molecule has 130 valence electrons. The summed E-state index contributed by atoms with van der Waals surface area (Å²) in [6, 6.07) is 14.6. The van der Waals surface area contributed by atoms with Gasteiger partial charge in [-0.1, -0.05) is 47.7 Å². The lowest BCUT2D eigenvalue weighted by molar-refractivity contribution is 0.174. The second-order valence-corrected chi connectivity index (χ2v) is 7.84. The van der Waals surface area contributed by atoms with Gasteiger partial charge in [0.25, 0.3) is 0 Å². The monoisotopic (exact) mass is 381 g/mol. The predicted molar refractivity (Wildman–Crippen MR) is 103 cm³/mol. The van der Waals surface area contributed by atoms with E-state index in [-0.39, 0.29) is 0 Å². The van der Waals surface area contributed by atoms with Crippen LogP contribution >= 0.6 is 23.1 Å². The third-order valence-electron chi connectivity index (χ3n) is 4.27. The van der Waals surface area contributed by atoms with E-state index in [1.165, 1.54) is 16.7 Å². The Kier molecular flexibility index (Phi) is 3.83. The number of nitrogens with zero attached hydrogens (tertiary/aromatic N) is 3. The molecule has 0 saturated carbocycles. The highest BCUT2D eigenvalue weighted by molar-refractivity contribution is 7.98. The van der Waals surface area contributed by atoms with Gasteiger partial charge in [-0.05, 0) is 30.2 Å². The molecule has 2 aromatic carbocycles. The largest absolute Gasteiger partial charge is 0.454 e. The van der Waals surface area contributed by atoms with Crippen LogP contribution < -0.4 is 9.47 Å². The topological polar surface area (TPSA) is 48.7 Å². The van der Waals surface area contributed by atoms with Crippen molar-refractivity contribution in [3.05, 3.63) is 59.0 Å². The Bertz CT molecular complexity index is 1090. The van der Waals surface area contributed by atoms with E-state index in [2.05, 4.69) is 57.2 Å². The first-order valence-electron chi connectivity index (χ1n) is 8.19. The summed E-state index contributed by atoms with van der Waals surface area (Å²) in [5.74, 6) is 2.41. The number of hydrogen-bond acceptors (Lipinski definition) is 6. The second kappa shape index (κ2) is 6.34. The molecular weight excluding hydrogens is 366 g/mol. The zero-order chi connectivity index (χ0) is 17.5. The summed E-state index contributed by atoms with van der Waals surface area (Å²) in [4.78, 5) is 0.911. The van der Waals surface area contributed by atoms with Crippen LogP contribution in [0.4, 0.5) is 0 Å². The molecule has 0 saturated heterocycles. The van der Waals surface area contributed by atoms with Crippen molar-refractivity contribution in [1.29, 1.82) is 0 Å². The van der Waals surface area contributed by atoms with Crippen molar-refractivity contribution in [2.45, 2.75) is 17.8 Å². The van der Waals surface area contributed by atoms with Gasteiger partial charge in [-0.25, -0.2) is 0 Å². The third-order valence-corrected chi connectivity index (χ3v) is 6.09. The lowest BCUT2D eigenvalue weighted by atomic mass is 10.1. The molecule has 0 fully saturated rings. The summed E-state index contributed by atoms with van der Waals surface area (Å²) in [6.45, 7) is 2.39. The molecule has 0 spiro atoms. The molecule has 0 bridgehead atoms. The van der Waals surface area contributed by atoms with E-state index >= 15 is 0 Å². The van der Waals surface area contributed by atoms with Crippen molar-refractivity contribution in [1.82, 2.24) is 14.6 Å². The Hall–Kier alpha value is -2.51. The van der Waals surface area contributed by atoms with Crippen molar-refractivity contribution >= 4 is 28.1 Å². The van der Waals surface area contributed by atoms with Gasteiger partial charge < -0.3 is 9.47 Å². The summed E-state index contributed by atoms with van der Waals surface area (Å²) in [7, 11) is 0. The molecule has 4 aromatic rings. The minimum absolute atomic E-state index is 0.297. The molecule has 7 heteroatoms. The Morgan fingerprint density at radius 2 is 1.92 bits per heavy atom. The van der Waals surface area contributed by atoms with Gasteiger partial charge in [0.1, 0.15) is 0 Å². The van der Waals surface area contributed by atoms with Crippen LogP contribution in [0.3, 0.4) is 0 Å². The Labute approximate surface area is 158 Å². The standard InChI is InChI=1S/C19H15N3O2S2/c1-12-2-5-14(6-3-12)15-10-26-19-21-20-18(22(15)19)25-9-13-4-7-16-17(8-13)24-11-23-16/h2-8,10H,9,11H2,1H3. The minimum Gasteiger partial charge on any atom is -0.454 e.